The van der Waals surface area contributed by atoms with Gasteiger partial charge in [-0.15, -0.1) is 0 Å². The first-order chi connectivity index (χ1) is 13.9. The average molecular weight is 397 g/mol. The maximum atomic E-state index is 10.6. The van der Waals surface area contributed by atoms with E-state index in [2.05, 4.69) is 15.0 Å². The van der Waals surface area contributed by atoms with Crippen LogP contribution in [0.1, 0.15) is 16.7 Å². The summed E-state index contributed by atoms with van der Waals surface area (Å²) in [6.07, 6.45) is 1.11. The Hall–Kier alpha value is -3.36. The number of ether oxygens (including phenoxy) is 1. The van der Waals surface area contributed by atoms with Gasteiger partial charge in [0.25, 0.3) is 0 Å². The summed E-state index contributed by atoms with van der Waals surface area (Å²) in [4.78, 5) is 24.0. The van der Waals surface area contributed by atoms with Crippen molar-refractivity contribution in [2.75, 3.05) is 0 Å². The summed E-state index contributed by atoms with van der Waals surface area (Å²) < 4.78 is 4.65. The van der Waals surface area contributed by atoms with Crippen molar-refractivity contribution in [1.82, 2.24) is 10.3 Å². The van der Waals surface area contributed by atoms with Crippen LogP contribution in [-0.2, 0) is 28.9 Å². The molecule has 1 aromatic heterocycles. The number of para-hydroxylation sites is 1. The second-order valence-corrected chi connectivity index (χ2v) is 6.73. The zero-order chi connectivity index (χ0) is 20.8. The Bertz CT molecular complexity index is 1000. The quantitative estimate of drug-likeness (QED) is 0.426. The molecule has 0 fully saturated rings. The third-order valence-electron chi connectivity index (χ3n) is 4.72. The van der Waals surface area contributed by atoms with Crippen molar-refractivity contribution in [1.29, 1.82) is 0 Å². The topological polar surface area (TPSA) is 138 Å². The molecule has 152 valence electrons. The van der Waals surface area contributed by atoms with Gasteiger partial charge in [0, 0.05) is 36.5 Å². The first kappa shape index (κ1) is 20.4. The van der Waals surface area contributed by atoms with E-state index in [1.807, 2.05) is 54.7 Å². The van der Waals surface area contributed by atoms with Crippen molar-refractivity contribution in [2.24, 2.45) is 5.73 Å². The van der Waals surface area contributed by atoms with Crippen molar-refractivity contribution in [3.63, 3.8) is 0 Å². The van der Waals surface area contributed by atoms with Crippen molar-refractivity contribution in [3.8, 4) is 0 Å². The number of aromatic nitrogens is 1. The molecule has 2 atom stereocenters. The predicted octanol–water partition coefficient (Wildman–Crippen LogP) is 2.48. The van der Waals surface area contributed by atoms with Crippen LogP contribution in [-0.4, -0.2) is 39.6 Å². The lowest BCUT2D eigenvalue weighted by molar-refractivity contribution is -0.138. The first-order valence-corrected chi connectivity index (χ1v) is 9.17. The van der Waals surface area contributed by atoms with E-state index in [0.29, 0.717) is 19.4 Å². The van der Waals surface area contributed by atoms with Crippen molar-refractivity contribution < 1.29 is 24.5 Å². The van der Waals surface area contributed by atoms with Gasteiger partial charge in [-0.3, -0.25) is 10.1 Å². The van der Waals surface area contributed by atoms with E-state index >= 15 is 0 Å². The highest BCUT2D eigenvalue weighted by molar-refractivity contribution is 5.84. The molecule has 0 amide bonds. The lowest BCUT2D eigenvalue weighted by Gasteiger charge is -2.24. The van der Waals surface area contributed by atoms with Crippen LogP contribution in [0.4, 0.5) is 4.79 Å². The van der Waals surface area contributed by atoms with E-state index in [0.717, 1.165) is 22.0 Å². The molecule has 3 aromatic rings. The minimum absolute atomic E-state index is 0.347. The zero-order valence-corrected chi connectivity index (χ0v) is 15.7. The lowest BCUT2D eigenvalue weighted by atomic mass is 10.0. The van der Waals surface area contributed by atoms with Crippen LogP contribution in [0.5, 0.6) is 0 Å². The van der Waals surface area contributed by atoms with Crippen LogP contribution in [0.25, 0.3) is 10.9 Å². The fraction of sp³-hybridized carbons (Fsp3) is 0.238. The molecule has 0 spiro atoms. The van der Waals surface area contributed by atoms with E-state index in [-0.39, 0.29) is 0 Å². The Labute approximate surface area is 167 Å². The summed E-state index contributed by atoms with van der Waals surface area (Å²) in [7, 11) is 0. The van der Waals surface area contributed by atoms with Gasteiger partial charge in [0.15, 0.2) is 6.23 Å². The molecule has 8 nitrogen and oxygen atoms in total. The Morgan fingerprint density at radius 2 is 1.79 bits per heavy atom. The normalized spacial score (nSPS) is 16.2. The van der Waals surface area contributed by atoms with E-state index in [4.69, 9.17) is 15.9 Å². The molecule has 0 bridgehead atoms. The van der Waals surface area contributed by atoms with Gasteiger partial charge in [-0.05, 0) is 22.8 Å². The number of hydrogen-bond acceptors (Lipinski definition) is 5. The minimum Gasteiger partial charge on any atom is -0.480 e. The number of rotatable bonds is 4. The highest BCUT2D eigenvalue weighted by Crippen LogP contribution is 2.19. The molecule has 1 aliphatic heterocycles. The SMILES string of the molecule is N[C@@H](Cc1c[nH]c2ccccc12)C(=O)O.O=C(O)OC1Cc2ccccc2CN1. The third kappa shape index (κ3) is 5.34. The molecule has 0 radical (unpaired) electrons. The summed E-state index contributed by atoms with van der Waals surface area (Å²) in [5, 5.41) is 21.2. The molecular weight excluding hydrogens is 374 g/mol. The van der Waals surface area contributed by atoms with Crippen LogP contribution in [0.3, 0.4) is 0 Å². The molecule has 2 aromatic carbocycles. The van der Waals surface area contributed by atoms with Gasteiger partial charge in [-0.25, -0.2) is 4.79 Å². The average Bonchev–Trinajstić information content (AvgIpc) is 3.11. The summed E-state index contributed by atoms with van der Waals surface area (Å²) in [6.45, 7) is 0.661. The number of fused-ring (bicyclic) bond motifs is 2. The third-order valence-corrected chi connectivity index (χ3v) is 4.72. The maximum Gasteiger partial charge on any atom is 0.507 e. The molecule has 6 N–H and O–H groups in total. The maximum absolute atomic E-state index is 10.6. The second kappa shape index (κ2) is 9.22. The highest BCUT2D eigenvalue weighted by atomic mass is 16.7. The zero-order valence-electron chi connectivity index (χ0n) is 15.7. The molecule has 29 heavy (non-hydrogen) atoms. The molecule has 4 rings (SSSR count). The summed E-state index contributed by atoms with van der Waals surface area (Å²) in [5.74, 6) is -0.972. The fourth-order valence-electron chi connectivity index (χ4n) is 3.25. The van der Waals surface area contributed by atoms with Gasteiger partial charge in [-0.2, -0.15) is 0 Å². The van der Waals surface area contributed by atoms with Crippen molar-refractivity contribution >= 4 is 23.0 Å². The molecule has 1 unspecified atom stereocenters. The Balaban J connectivity index is 0.000000166. The molecule has 0 aliphatic carbocycles. The summed E-state index contributed by atoms with van der Waals surface area (Å²) >= 11 is 0. The van der Waals surface area contributed by atoms with Crippen LogP contribution in [0.2, 0.25) is 0 Å². The van der Waals surface area contributed by atoms with Gasteiger partial charge < -0.3 is 25.7 Å². The molecule has 2 heterocycles. The number of carboxylic acids is 1. The number of nitrogens with two attached hydrogens (primary N) is 1. The Morgan fingerprint density at radius 3 is 2.52 bits per heavy atom. The molecule has 0 saturated carbocycles. The number of benzene rings is 2. The van der Waals surface area contributed by atoms with Crippen LogP contribution >= 0.6 is 0 Å². The monoisotopic (exact) mass is 397 g/mol. The van der Waals surface area contributed by atoms with E-state index in [9.17, 15) is 9.59 Å². The predicted molar refractivity (Wildman–Crippen MR) is 107 cm³/mol. The van der Waals surface area contributed by atoms with Gasteiger partial charge >= 0.3 is 12.1 Å². The standard InChI is InChI=1S/C11H12N2O2.C10H11NO3/c12-9(11(14)15)5-7-6-13-10-4-2-1-3-8(7)10;12-10(13)14-9-5-7-3-1-2-4-8(7)6-11-9/h1-4,6,9,13H,5,12H2,(H,14,15);1-4,9,11H,5-6H2,(H,12,13)/t9-;/m0./s1. The van der Waals surface area contributed by atoms with Crippen LogP contribution < -0.4 is 11.1 Å². The molecule has 0 saturated heterocycles. The number of aromatic amines is 1. The smallest absolute Gasteiger partial charge is 0.480 e. The Kier molecular flexibility index (Phi) is 6.48. The molecule has 1 aliphatic rings. The lowest BCUT2D eigenvalue weighted by Crippen LogP contribution is -2.38. The Morgan fingerprint density at radius 1 is 1.10 bits per heavy atom. The minimum atomic E-state index is -1.23. The molecule has 8 heteroatoms. The number of hydrogen-bond donors (Lipinski definition) is 5. The number of carboxylic acid groups (broad SMARTS) is 2. The summed E-state index contributed by atoms with van der Waals surface area (Å²) in [6, 6.07) is 14.9. The van der Waals surface area contributed by atoms with Crippen molar-refractivity contribution in [3.05, 3.63) is 71.4 Å². The first-order valence-electron chi connectivity index (χ1n) is 9.17. The number of carbonyl (C=O) groups is 2. The number of nitrogens with one attached hydrogen (secondary N) is 2. The fourth-order valence-corrected chi connectivity index (χ4v) is 3.25. The molecular formula is C21H23N3O5. The van der Waals surface area contributed by atoms with Crippen molar-refractivity contribution in [2.45, 2.75) is 31.7 Å². The van der Waals surface area contributed by atoms with Gasteiger partial charge in [-0.1, -0.05) is 42.5 Å². The second-order valence-electron chi connectivity index (χ2n) is 6.73. The van der Waals surface area contributed by atoms with Gasteiger partial charge in [0.05, 0.1) is 0 Å². The van der Waals surface area contributed by atoms with E-state index in [1.54, 1.807) is 0 Å². The van der Waals surface area contributed by atoms with E-state index in [1.165, 1.54) is 5.56 Å². The highest BCUT2D eigenvalue weighted by Gasteiger charge is 2.20. The number of aliphatic carboxylic acids is 1. The largest absolute Gasteiger partial charge is 0.507 e. The van der Waals surface area contributed by atoms with Gasteiger partial charge in [0.2, 0.25) is 0 Å². The van der Waals surface area contributed by atoms with Crippen LogP contribution in [0.15, 0.2) is 54.7 Å². The van der Waals surface area contributed by atoms with Gasteiger partial charge in [0.1, 0.15) is 6.04 Å². The summed E-state index contributed by atoms with van der Waals surface area (Å²) in [5.41, 5.74) is 9.79. The van der Waals surface area contributed by atoms with Crippen LogP contribution in [0, 0.1) is 0 Å². The number of H-pyrrole nitrogens is 1. The van der Waals surface area contributed by atoms with E-state index < -0.39 is 24.4 Å².